The van der Waals surface area contributed by atoms with Gasteiger partial charge in [0.1, 0.15) is 0 Å². The summed E-state index contributed by atoms with van der Waals surface area (Å²) in [7, 11) is 1.44. The molecule has 0 radical (unpaired) electrons. The van der Waals surface area contributed by atoms with Crippen LogP contribution in [0.15, 0.2) is 12.1 Å². The van der Waals surface area contributed by atoms with Gasteiger partial charge in [-0.2, -0.15) is 9.97 Å². The van der Waals surface area contributed by atoms with Gasteiger partial charge in [-0.05, 0) is 37.1 Å². The molecule has 2 rings (SSSR count). The first-order chi connectivity index (χ1) is 9.12. The molecule has 0 bridgehead atoms. The van der Waals surface area contributed by atoms with Crippen LogP contribution in [0.4, 0.5) is 0 Å². The molecule has 0 amide bonds. The van der Waals surface area contributed by atoms with Crippen LogP contribution in [0.1, 0.15) is 18.3 Å². The number of halogens is 1. The van der Waals surface area contributed by atoms with Gasteiger partial charge in [-0.25, -0.2) is 0 Å². The lowest BCUT2D eigenvalue weighted by Crippen LogP contribution is -2.01. The first-order valence-corrected chi connectivity index (χ1v) is 6.10. The predicted octanol–water partition coefficient (Wildman–Crippen LogP) is 2.59. The highest BCUT2D eigenvalue weighted by Crippen LogP contribution is 2.24. The van der Waals surface area contributed by atoms with Crippen LogP contribution in [0, 0.1) is 6.92 Å². The van der Waals surface area contributed by atoms with Crippen LogP contribution in [-0.2, 0) is 6.42 Å². The van der Waals surface area contributed by atoms with Crippen LogP contribution in [-0.4, -0.2) is 27.0 Å². The van der Waals surface area contributed by atoms with Gasteiger partial charge in [0.25, 0.3) is 0 Å². The Balaban J connectivity index is 2.33. The molecule has 6 nitrogen and oxygen atoms in total. The van der Waals surface area contributed by atoms with E-state index in [2.05, 4.69) is 19.9 Å². The Kier molecular flexibility index (Phi) is 4.11. The molecule has 0 atom stereocenters. The zero-order valence-electron chi connectivity index (χ0n) is 10.8. The summed E-state index contributed by atoms with van der Waals surface area (Å²) in [5.74, 6) is 0.595. The first-order valence-electron chi connectivity index (χ1n) is 5.72. The van der Waals surface area contributed by atoms with Crippen molar-refractivity contribution >= 4 is 11.6 Å². The molecule has 0 unspecified atom stereocenters. The molecule has 0 aliphatic rings. The van der Waals surface area contributed by atoms with Gasteiger partial charge in [0, 0.05) is 5.69 Å². The Morgan fingerprint density at radius 2 is 1.84 bits per heavy atom. The molecule has 7 heteroatoms. The van der Waals surface area contributed by atoms with Gasteiger partial charge in [-0.15, -0.1) is 4.98 Å². The second kappa shape index (κ2) is 5.79. The molecule has 0 saturated heterocycles. The Morgan fingerprint density at radius 1 is 1.11 bits per heavy atom. The highest BCUT2D eigenvalue weighted by atomic mass is 35.5. The molecule has 2 heterocycles. The van der Waals surface area contributed by atoms with E-state index in [1.807, 2.05) is 26.0 Å². The lowest BCUT2D eigenvalue weighted by atomic mass is 10.2. The largest absolute Gasteiger partial charge is 0.467 e. The Hall–Kier alpha value is -1.95. The van der Waals surface area contributed by atoms with Crippen LogP contribution in [0.5, 0.6) is 17.8 Å². The highest BCUT2D eigenvalue weighted by Gasteiger charge is 2.10. The smallest absolute Gasteiger partial charge is 0.329 e. The number of aromatic nitrogens is 4. The zero-order valence-corrected chi connectivity index (χ0v) is 11.6. The van der Waals surface area contributed by atoms with E-state index in [0.29, 0.717) is 5.75 Å². The SMILES string of the molecule is CCc1nc(C)ccc1Oc1nc(Cl)nc(OC)n1. The molecule has 0 N–H and O–H groups in total. The molecule has 0 fully saturated rings. The summed E-state index contributed by atoms with van der Waals surface area (Å²) in [6.07, 6.45) is 0.743. The third-order valence-electron chi connectivity index (χ3n) is 2.36. The number of aryl methyl sites for hydroxylation is 2. The fraction of sp³-hybridized carbons (Fsp3) is 0.333. The van der Waals surface area contributed by atoms with Gasteiger partial charge >= 0.3 is 12.0 Å². The van der Waals surface area contributed by atoms with Crippen molar-refractivity contribution in [1.82, 2.24) is 19.9 Å². The van der Waals surface area contributed by atoms with E-state index >= 15 is 0 Å². The average Bonchev–Trinajstić information content (AvgIpc) is 2.40. The molecule has 0 aliphatic carbocycles. The van der Waals surface area contributed by atoms with Crippen molar-refractivity contribution in [2.75, 3.05) is 7.11 Å². The van der Waals surface area contributed by atoms with E-state index < -0.39 is 0 Å². The molecule has 0 spiro atoms. The minimum absolute atomic E-state index is 0.0139. The number of rotatable bonds is 4. The molecular weight excluding hydrogens is 268 g/mol. The quantitative estimate of drug-likeness (QED) is 0.857. The fourth-order valence-corrected chi connectivity index (χ4v) is 1.64. The van der Waals surface area contributed by atoms with E-state index in [1.165, 1.54) is 7.11 Å². The Morgan fingerprint density at radius 3 is 2.53 bits per heavy atom. The number of nitrogens with zero attached hydrogens (tertiary/aromatic N) is 4. The second-order valence-electron chi connectivity index (χ2n) is 3.73. The minimum Gasteiger partial charge on any atom is -0.467 e. The maximum atomic E-state index is 5.76. The van der Waals surface area contributed by atoms with Gasteiger partial charge in [0.05, 0.1) is 12.8 Å². The average molecular weight is 281 g/mol. The van der Waals surface area contributed by atoms with Crippen molar-refractivity contribution in [1.29, 1.82) is 0 Å². The van der Waals surface area contributed by atoms with Crippen molar-refractivity contribution in [3.05, 3.63) is 28.8 Å². The fourth-order valence-electron chi connectivity index (χ4n) is 1.49. The van der Waals surface area contributed by atoms with Crippen LogP contribution in [0.25, 0.3) is 0 Å². The normalized spacial score (nSPS) is 10.3. The maximum absolute atomic E-state index is 5.76. The summed E-state index contributed by atoms with van der Waals surface area (Å²) < 4.78 is 10.5. The summed E-state index contributed by atoms with van der Waals surface area (Å²) in [5.41, 5.74) is 1.76. The molecule has 0 aliphatic heterocycles. The predicted molar refractivity (Wildman–Crippen MR) is 69.8 cm³/mol. The van der Waals surface area contributed by atoms with E-state index in [1.54, 1.807) is 0 Å². The molecule has 19 heavy (non-hydrogen) atoms. The van der Waals surface area contributed by atoms with Gasteiger partial charge < -0.3 is 9.47 Å². The number of hydrogen-bond donors (Lipinski definition) is 0. The van der Waals surface area contributed by atoms with Gasteiger partial charge in [0.15, 0.2) is 5.75 Å². The van der Waals surface area contributed by atoms with Crippen molar-refractivity contribution in [3.8, 4) is 17.8 Å². The van der Waals surface area contributed by atoms with Crippen LogP contribution < -0.4 is 9.47 Å². The van der Waals surface area contributed by atoms with Crippen LogP contribution in [0.3, 0.4) is 0 Å². The van der Waals surface area contributed by atoms with E-state index in [-0.39, 0.29) is 17.3 Å². The lowest BCUT2D eigenvalue weighted by Gasteiger charge is -2.09. The Bertz CT molecular complexity index is 592. The van der Waals surface area contributed by atoms with Crippen molar-refractivity contribution in [3.63, 3.8) is 0 Å². The summed E-state index contributed by atoms with van der Waals surface area (Å²) in [6, 6.07) is 3.87. The number of methoxy groups -OCH3 is 1. The zero-order chi connectivity index (χ0) is 13.8. The standard InChI is InChI=1S/C12H13ClN4O2/c1-4-8-9(6-5-7(2)14-8)19-12-16-10(13)15-11(17-12)18-3/h5-6H,4H2,1-3H3. The monoisotopic (exact) mass is 280 g/mol. The molecule has 2 aromatic rings. The molecule has 100 valence electrons. The first kappa shape index (κ1) is 13.5. The van der Waals surface area contributed by atoms with Gasteiger partial charge in [-0.1, -0.05) is 6.92 Å². The number of hydrogen-bond acceptors (Lipinski definition) is 6. The van der Waals surface area contributed by atoms with Gasteiger partial charge in [0.2, 0.25) is 5.28 Å². The van der Waals surface area contributed by atoms with E-state index in [9.17, 15) is 0 Å². The van der Waals surface area contributed by atoms with Crippen molar-refractivity contribution in [2.45, 2.75) is 20.3 Å². The summed E-state index contributed by atoms with van der Waals surface area (Å²) in [5, 5.41) is 0.0139. The third kappa shape index (κ3) is 3.29. The summed E-state index contributed by atoms with van der Waals surface area (Å²) in [6.45, 7) is 3.92. The third-order valence-corrected chi connectivity index (χ3v) is 2.53. The highest BCUT2D eigenvalue weighted by molar-refractivity contribution is 6.28. The summed E-state index contributed by atoms with van der Waals surface area (Å²) in [4.78, 5) is 16.0. The van der Waals surface area contributed by atoms with E-state index in [4.69, 9.17) is 21.1 Å². The van der Waals surface area contributed by atoms with Crippen molar-refractivity contribution < 1.29 is 9.47 Å². The van der Waals surface area contributed by atoms with Crippen LogP contribution in [0.2, 0.25) is 5.28 Å². The van der Waals surface area contributed by atoms with Crippen molar-refractivity contribution in [2.24, 2.45) is 0 Å². The Labute approximate surface area is 115 Å². The molecule has 0 saturated carbocycles. The lowest BCUT2D eigenvalue weighted by molar-refractivity contribution is 0.357. The molecule has 2 aromatic heterocycles. The number of pyridine rings is 1. The van der Waals surface area contributed by atoms with Crippen LogP contribution >= 0.6 is 11.6 Å². The summed E-state index contributed by atoms with van der Waals surface area (Å²) >= 11 is 5.76. The molecule has 0 aromatic carbocycles. The van der Waals surface area contributed by atoms with E-state index in [0.717, 1.165) is 17.8 Å². The maximum Gasteiger partial charge on any atom is 0.329 e. The topological polar surface area (TPSA) is 70.0 Å². The van der Waals surface area contributed by atoms with Gasteiger partial charge in [-0.3, -0.25) is 4.98 Å². The second-order valence-corrected chi connectivity index (χ2v) is 4.06. The number of ether oxygens (including phenoxy) is 2. The minimum atomic E-state index is 0.0139. The molecular formula is C12H13ClN4O2.